The highest BCUT2D eigenvalue weighted by atomic mass is 16.5. The van der Waals surface area contributed by atoms with Crippen molar-refractivity contribution in [2.24, 2.45) is 0 Å². The van der Waals surface area contributed by atoms with Gasteiger partial charge in [-0.25, -0.2) is 9.97 Å². The highest BCUT2D eigenvalue weighted by molar-refractivity contribution is 6.15. The van der Waals surface area contributed by atoms with Crippen molar-refractivity contribution in [3.8, 4) is 11.5 Å². The maximum atomic E-state index is 13.0. The first-order valence-electron chi connectivity index (χ1n) is 13.1. The second kappa shape index (κ2) is 12.7. The van der Waals surface area contributed by atoms with Crippen LogP contribution < -0.4 is 9.47 Å². The molecule has 0 bridgehead atoms. The normalized spacial score (nSPS) is 15.4. The summed E-state index contributed by atoms with van der Waals surface area (Å²) in [5.41, 5.74) is 3.72. The van der Waals surface area contributed by atoms with Crippen LogP contribution in [0.4, 0.5) is 0 Å². The molecule has 4 aromatic rings. The summed E-state index contributed by atoms with van der Waals surface area (Å²) in [5.74, 6) is 1.80. The van der Waals surface area contributed by atoms with Crippen LogP contribution in [0.25, 0.3) is 12.2 Å². The first kappa shape index (κ1) is 25.3. The summed E-state index contributed by atoms with van der Waals surface area (Å²) in [4.78, 5) is 21.1. The van der Waals surface area contributed by atoms with Gasteiger partial charge in [-0.3, -0.25) is 4.79 Å². The number of benzene rings is 2. The largest absolute Gasteiger partial charge is 0.494 e. The van der Waals surface area contributed by atoms with Crippen molar-refractivity contribution >= 4 is 17.9 Å². The fourth-order valence-corrected chi connectivity index (χ4v) is 4.41. The van der Waals surface area contributed by atoms with E-state index in [1.54, 1.807) is 12.4 Å². The van der Waals surface area contributed by atoms with Gasteiger partial charge in [-0.1, -0.05) is 24.3 Å². The molecule has 2 aromatic carbocycles. The predicted molar refractivity (Wildman–Crippen MR) is 148 cm³/mol. The van der Waals surface area contributed by atoms with Gasteiger partial charge in [0.05, 0.1) is 25.9 Å². The third-order valence-corrected chi connectivity index (χ3v) is 6.47. The van der Waals surface area contributed by atoms with E-state index in [0.29, 0.717) is 13.2 Å². The molecular weight excluding hydrogens is 476 g/mol. The highest BCUT2D eigenvalue weighted by Gasteiger charge is 2.22. The molecule has 2 heterocycles. The molecule has 194 valence electrons. The van der Waals surface area contributed by atoms with Gasteiger partial charge in [-0.15, -0.1) is 0 Å². The molecule has 0 unspecified atom stereocenters. The molecule has 1 saturated carbocycles. The summed E-state index contributed by atoms with van der Waals surface area (Å²) in [6, 6.07) is 15.8. The van der Waals surface area contributed by atoms with Gasteiger partial charge in [-0.05, 0) is 73.2 Å². The van der Waals surface area contributed by atoms with Gasteiger partial charge in [-0.2, -0.15) is 0 Å². The Balaban J connectivity index is 1.09. The first-order valence-corrected chi connectivity index (χ1v) is 13.1. The lowest BCUT2D eigenvalue weighted by atomic mass is 10.1. The fourth-order valence-electron chi connectivity index (χ4n) is 4.41. The Morgan fingerprint density at radius 1 is 0.684 bits per heavy atom. The van der Waals surface area contributed by atoms with Crippen molar-refractivity contribution in [1.29, 1.82) is 0 Å². The monoisotopic (exact) mass is 508 g/mol. The molecule has 38 heavy (non-hydrogen) atoms. The van der Waals surface area contributed by atoms with Crippen LogP contribution in [0, 0.1) is 0 Å². The van der Waals surface area contributed by atoms with E-state index in [0.717, 1.165) is 72.5 Å². The third kappa shape index (κ3) is 7.09. The summed E-state index contributed by atoms with van der Waals surface area (Å²) in [7, 11) is 0. The molecular formula is C31H32N4O3. The molecule has 0 N–H and O–H groups in total. The molecule has 0 saturated heterocycles. The maximum Gasteiger partial charge on any atom is 0.185 e. The molecule has 0 radical (unpaired) electrons. The zero-order valence-corrected chi connectivity index (χ0v) is 21.4. The van der Waals surface area contributed by atoms with Gasteiger partial charge in [0.15, 0.2) is 5.78 Å². The van der Waals surface area contributed by atoms with Crippen LogP contribution in [0.5, 0.6) is 11.5 Å². The lowest BCUT2D eigenvalue weighted by Crippen LogP contribution is -2.03. The Morgan fingerprint density at radius 3 is 1.53 bits per heavy atom. The number of aryl methyl sites for hydroxylation is 2. The molecule has 5 rings (SSSR count). The molecule has 2 aromatic heterocycles. The summed E-state index contributed by atoms with van der Waals surface area (Å²) >= 11 is 0. The minimum Gasteiger partial charge on any atom is -0.494 e. The molecule has 1 fully saturated rings. The Labute approximate surface area is 223 Å². The first-order chi connectivity index (χ1) is 18.7. The van der Waals surface area contributed by atoms with E-state index < -0.39 is 0 Å². The van der Waals surface area contributed by atoms with Crippen LogP contribution in [0.2, 0.25) is 0 Å². The van der Waals surface area contributed by atoms with E-state index in [-0.39, 0.29) is 5.78 Å². The van der Waals surface area contributed by atoms with Gasteiger partial charge >= 0.3 is 0 Å². The number of allylic oxidation sites excluding steroid dienone is 2. The highest BCUT2D eigenvalue weighted by Crippen LogP contribution is 2.30. The van der Waals surface area contributed by atoms with E-state index in [1.807, 2.05) is 94.9 Å². The summed E-state index contributed by atoms with van der Waals surface area (Å²) in [6.07, 6.45) is 18.4. The second-order valence-electron chi connectivity index (χ2n) is 9.31. The number of hydrogen-bond acceptors (Lipinski definition) is 5. The number of ketones is 1. The van der Waals surface area contributed by atoms with Crippen molar-refractivity contribution in [2.75, 3.05) is 13.2 Å². The number of hydrogen-bond donors (Lipinski definition) is 0. The molecule has 1 aliphatic rings. The topological polar surface area (TPSA) is 71.2 Å². The Bertz CT molecular complexity index is 1250. The fraction of sp³-hybridized carbons (Fsp3) is 0.258. The van der Waals surface area contributed by atoms with Crippen molar-refractivity contribution in [1.82, 2.24) is 19.1 Å². The molecule has 7 heteroatoms. The van der Waals surface area contributed by atoms with E-state index >= 15 is 0 Å². The Kier molecular flexibility index (Phi) is 8.46. The number of carbonyl (C=O) groups is 1. The molecule has 0 atom stereocenters. The molecule has 0 aliphatic heterocycles. The number of aromatic nitrogens is 4. The van der Waals surface area contributed by atoms with Gasteiger partial charge in [0.25, 0.3) is 0 Å². The number of nitrogens with zero attached hydrogens (tertiary/aromatic N) is 4. The van der Waals surface area contributed by atoms with Crippen LogP contribution >= 0.6 is 0 Å². The molecule has 1 aliphatic carbocycles. The summed E-state index contributed by atoms with van der Waals surface area (Å²) < 4.78 is 15.8. The van der Waals surface area contributed by atoms with Crippen LogP contribution in [0.3, 0.4) is 0 Å². The lowest BCUT2D eigenvalue weighted by molar-refractivity contribution is -0.111. The van der Waals surface area contributed by atoms with Crippen molar-refractivity contribution in [3.63, 3.8) is 0 Å². The zero-order chi connectivity index (χ0) is 26.0. The third-order valence-electron chi connectivity index (χ3n) is 6.47. The standard InChI is InChI=1S/C31H32N4O3/c36-31-27(21-25-3-9-29(10-4-25)37-19-1-15-34-17-13-32-23-34)7-8-28(31)22-26-5-11-30(12-6-26)38-20-2-16-35-18-14-33-24-35/h3-6,9-14,17-18,21-24H,1-2,7-8,15-16,19-20H2/b27-21+,28-22+. The number of imidazole rings is 2. The summed E-state index contributed by atoms with van der Waals surface area (Å²) in [5, 5.41) is 0. The average Bonchev–Trinajstić information content (AvgIpc) is 3.72. The average molecular weight is 509 g/mol. The Hall–Kier alpha value is -4.39. The molecule has 0 spiro atoms. The number of ether oxygens (including phenoxy) is 2. The smallest absolute Gasteiger partial charge is 0.185 e. The van der Waals surface area contributed by atoms with Crippen LogP contribution in [-0.4, -0.2) is 38.1 Å². The van der Waals surface area contributed by atoms with E-state index in [2.05, 4.69) is 9.97 Å². The van der Waals surface area contributed by atoms with Gasteiger partial charge in [0, 0.05) is 49.0 Å². The van der Waals surface area contributed by atoms with Crippen molar-refractivity contribution in [2.45, 2.75) is 38.8 Å². The SMILES string of the molecule is O=C1/C(=C/c2ccc(OCCCn3ccnc3)cc2)CC/C1=C\c1ccc(OCCCn2ccnc2)cc1. The zero-order valence-electron chi connectivity index (χ0n) is 21.4. The van der Waals surface area contributed by atoms with Gasteiger partial charge < -0.3 is 18.6 Å². The van der Waals surface area contributed by atoms with E-state index in [1.165, 1.54) is 0 Å². The van der Waals surface area contributed by atoms with Crippen molar-refractivity contribution < 1.29 is 14.3 Å². The summed E-state index contributed by atoms with van der Waals surface area (Å²) in [6.45, 7) is 3.05. The van der Waals surface area contributed by atoms with E-state index in [9.17, 15) is 4.79 Å². The molecule has 0 amide bonds. The lowest BCUT2D eigenvalue weighted by Gasteiger charge is -2.07. The predicted octanol–water partition coefficient (Wildman–Crippen LogP) is 5.85. The number of rotatable bonds is 12. The number of Topliss-reactive ketones (excluding diaryl/α,β-unsaturated/α-hetero) is 1. The van der Waals surface area contributed by atoms with Crippen LogP contribution in [0.15, 0.2) is 97.1 Å². The number of carbonyl (C=O) groups excluding carboxylic acids is 1. The van der Waals surface area contributed by atoms with Gasteiger partial charge in [0.2, 0.25) is 0 Å². The van der Waals surface area contributed by atoms with E-state index in [4.69, 9.17) is 9.47 Å². The minimum atomic E-state index is 0.129. The van der Waals surface area contributed by atoms with Crippen LogP contribution in [0.1, 0.15) is 36.8 Å². The van der Waals surface area contributed by atoms with Crippen molar-refractivity contribution in [3.05, 3.63) is 108 Å². The van der Waals surface area contributed by atoms with Gasteiger partial charge in [0.1, 0.15) is 11.5 Å². The van der Waals surface area contributed by atoms with Crippen LogP contribution in [-0.2, 0) is 17.9 Å². The minimum absolute atomic E-state index is 0.129. The molecule has 7 nitrogen and oxygen atoms in total. The second-order valence-corrected chi connectivity index (χ2v) is 9.31. The quantitative estimate of drug-likeness (QED) is 0.177. The maximum absolute atomic E-state index is 13.0. The Morgan fingerprint density at radius 2 is 1.13 bits per heavy atom.